The molecule has 178 valence electrons. The van der Waals surface area contributed by atoms with E-state index in [2.05, 4.69) is 29.6 Å². The maximum atomic E-state index is 13.0. The summed E-state index contributed by atoms with van der Waals surface area (Å²) in [5.74, 6) is -1.77. The topological polar surface area (TPSA) is 105 Å². The van der Waals surface area contributed by atoms with E-state index in [1.165, 1.54) is 0 Å². The molecule has 3 atom stereocenters. The fraction of sp³-hybridized carbons (Fsp3) is 0.423. The van der Waals surface area contributed by atoms with Crippen LogP contribution in [0.2, 0.25) is 0 Å². The third-order valence-corrected chi connectivity index (χ3v) is 7.06. The van der Waals surface area contributed by atoms with Crippen molar-refractivity contribution in [3.8, 4) is 11.1 Å². The Kier molecular flexibility index (Phi) is 6.24. The molecule has 2 N–H and O–H groups in total. The molecule has 0 spiro atoms. The molecule has 2 aromatic carbocycles. The number of carboxylic acid groups (broad SMARTS) is 1. The van der Waals surface area contributed by atoms with Crippen LogP contribution in [0, 0.1) is 5.92 Å². The number of hydrogen-bond acceptors (Lipinski definition) is 5. The van der Waals surface area contributed by atoms with Gasteiger partial charge in [0.15, 0.2) is 6.10 Å². The fourth-order valence-corrected chi connectivity index (χ4v) is 5.33. The second-order valence-electron chi connectivity index (χ2n) is 9.12. The molecule has 2 saturated heterocycles. The molecule has 8 heteroatoms. The van der Waals surface area contributed by atoms with E-state index >= 15 is 0 Å². The van der Waals surface area contributed by atoms with E-state index < -0.39 is 30.1 Å². The molecule has 0 bridgehead atoms. The summed E-state index contributed by atoms with van der Waals surface area (Å²) in [5, 5.41) is 12.1. The van der Waals surface area contributed by atoms with Gasteiger partial charge < -0.3 is 24.8 Å². The predicted octanol–water partition coefficient (Wildman–Crippen LogP) is 3.01. The van der Waals surface area contributed by atoms with Crippen molar-refractivity contribution in [3.05, 3.63) is 59.7 Å². The van der Waals surface area contributed by atoms with Crippen LogP contribution in [0.3, 0.4) is 0 Å². The molecule has 34 heavy (non-hydrogen) atoms. The summed E-state index contributed by atoms with van der Waals surface area (Å²) in [6.45, 7) is 1.21. The van der Waals surface area contributed by atoms with Crippen molar-refractivity contribution in [2.45, 2.75) is 37.3 Å². The first-order valence-electron chi connectivity index (χ1n) is 11.8. The van der Waals surface area contributed by atoms with Gasteiger partial charge in [0.25, 0.3) is 5.91 Å². The number of alkyl carbamates (subject to hydrolysis) is 1. The van der Waals surface area contributed by atoms with Crippen LogP contribution in [0.25, 0.3) is 11.1 Å². The number of carbonyl (C=O) groups excluding carboxylic acids is 2. The van der Waals surface area contributed by atoms with Crippen molar-refractivity contribution in [1.29, 1.82) is 0 Å². The molecule has 2 unspecified atom stereocenters. The number of carboxylic acids is 1. The second-order valence-corrected chi connectivity index (χ2v) is 9.12. The van der Waals surface area contributed by atoms with E-state index in [9.17, 15) is 19.5 Å². The van der Waals surface area contributed by atoms with Crippen LogP contribution in [-0.4, -0.2) is 66.4 Å². The third-order valence-electron chi connectivity index (χ3n) is 7.06. The number of amides is 2. The zero-order valence-corrected chi connectivity index (χ0v) is 18.8. The number of likely N-dealkylation sites (tertiary alicyclic amines) is 1. The number of benzene rings is 2. The van der Waals surface area contributed by atoms with Crippen LogP contribution in [0.4, 0.5) is 4.79 Å². The number of piperidine rings is 1. The van der Waals surface area contributed by atoms with Gasteiger partial charge in [-0.1, -0.05) is 48.5 Å². The first kappa shape index (κ1) is 22.4. The van der Waals surface area contributed by atoms with Crippen molar-refractivity contribution < 1.29 is 29.0 Å². The summed E-state index contributed by atoms with van der Waals surface area (Å²) in [4.78, 5) is 38.6. The molecule has 0 radical (unpaired) electrons. The molecule has 2 aromatic rings. The quantitative estimate of drug-likeness (QED) is 0.705. The molecule has 1 aliphatic carbocycles. The fourth-order valence-electron chi connectivity index (χ4n) is 5.33. The van der Waals surface area contributed by atoms with Crippen molar-refractivity contribution in [2.24, 2.45) is 5.92 Å². The van der Waals surface area contributed by atoms with Crippen LogP contribution < -0.4 is 5.32 Å². The molecular formula is C26H28N2O6. The minimum absolute atomic E-state index is 0.0447. The van der Waals surface area contributed by atoms with Gasteiger partial charge in [0.05, 0.1) is 12.0 Å². The summed E-state index contributed by atoms with van der Waals surface area (Å²) in [6.07, 6.45) is 0.285. The van der Waals surface area contributed by atoms with Crippen LogP contribution in [0.5, 0.6) is 0 Å². The SMILES string of the molecule is O=C(NC1CCOC1C(=O)N1CCC[C@@H](C(=O)O)C1)OCC1c2ccccc2-c2ccccc21. The Morgan fingerprint density at radius 1 is 1.03 bits per heavy atom. The van der Waals surface area contributed by atoms with Gasteiger partial charge in [0, 0.05) is 25.6 Å². The molecule has 2 heterocycles. The zero-order chi connectivity index (χ0) is 23.7. The molecule has 2 fully saturated rings. The normalized spacial score (nSPS) is 23.8. The van der Waals surface area contributed by atoms with Gasteiger partial charge in [0.1, 0.15) is 6.61 Å². The molecule has 0 aromatic heterocycles. The van der Waals surface area contributed by atoms with E-state index in [1.807, 2.05) is 24.3 Å². The van der Waals surface area contributed by atoms with Crippen molar-refractivity contribution in [3.63, 3.8) is 0 Å². The van der Waals surface area contributed by atoms with Crippen LogP contribution in [-0.2, 0) is 19.1 Å². The van der Waals surface area contributed by atoms with Gasteiger partial charge >= 0.3 is 12.1 Å². The van der Waals surface area contributed by atoms with Gasteiger partial charge in [-0.15, -0.1) is 0 Å². The van der Waals surface area contributed by atoms with Gasteiger partial charge in [-0.2, -0.15) is 0 Å². The third kappa shape index (κ3) is 4.25. The number of aliphatic carboxylic acids is 1. The summed E-state index contributed by atoms with van der Waals surface area (Å²) in [6, 6.07) is 15.7. The van der Waals surface area contributed by atoms with Crippen molar-refractivity contribution in [1.82, 2.24) is 10.2 Å². The minimum Gasteiger partial charge on any atom is -0.481 e. The second kappa shape index (κ2) is 9.46. The smallest absolute Gasteiger partial charge is 0.407 e. The van der Waals surface area contributed by atoms with Gasteiger partial charge in [-0.25, -0.2) is 4.79 Å². The average Bonchev–Trinajstić information content (AvgIpc) is 3.44. The number of nitrogens with zero attached hydrogens (tertiary/aromatic N) is 1. The summed E-state index contributed by atoms with van der Waals surface area (Å²) >= 11 is 0. The molecule has 2 amide bonds. The van der Waals surface area contributed by atoms with E-state index in [4.69, 9.17) is 9.47 Å². The zero-order valence-electron chi connectivity index (χ0n) is 18.8. The molecule has 8 nitrogen and oxygen atoms in total. The van der Waals surface area contributed by atoms with Gasteiger partial charge in [0.2, 0.25) is 0 Å². The van der Waals surface area contributed by atoms with E-state index in [0.717, 1.165) is 22.3 Å². The maximum Gasteiger partial charge on any atom is 0.407 e. The van der Waals surface area contributed by atoms with E-state index in [-0.39, 0.29) is 25.0 Å². The Labute approximate surface area is 197 Å². The van der Waals surface area contributed by atoms with E-state index in [1.54, 1.807) is 4.90 Å². The van der Waals surface area contributed by atoms with Gasteiger partial charge in [-0.05, 0) is 41.5 Å². The first-order valence-corrected chi connectivity index (χ1v) is 11.8. The van der Waals surface area contributed by atoms with Crippen molar-refractivity contribution in [2.75, 3.05) is 26.3 Å². The standard InChI is InChI=1S/C26H28N2O6/c29-24(28-12-5-6-16(14-28)25(30)31)23-22(11-13-33-23)27-26(32)34-15-21-19-9-3-1-7-17(19)18-8-2-4-10-20(18)21/h1-4,7-10,16,21-23H,5-6,11-15H2,(H,27,32)(H,30,31)/t16-,22?,23?/m1/s1. The lowest BCUT2D eigenvalue weighted by atomic mass is 9.97. The number of fused-ring (bicyclic) bond motifs is 3. The Morgan fingerprint density at radius 3 is 2.38 bits per heavy atom. The number of nitrogens with one attached hydrogen (secondary N) is 1. The minimum atomic E-state index is -0.891. The summed E-state index contributed by atoms with van der Waals surface area (Å²) in [7, 11) is 0. The molecule has 3 aliphatic rings. The highest BCUT2D eigenvalue weighted by atomic mass is 16.6. The lowest BCUT2D eigenvalue weighted by Gasteiger charge is -2.33. The number of rotatable bonds is 5. The van der Waals surface area contributed by atoms with Crippen LogP contribution in [0.1, 0.15) is 36.3 Å². The number of hydrogen-bond donors (Lipinski definition) is 2. The Hall–Kier alpha value is -3.39. The lowest BCUT2D eigenvalue weighted by molar-refractivity contribution is -0.149. The summed E-state index contributed by atoms with van der Waals surface area (Å²) < 4.78 is 11.3. The predicted molar refractivity (Wildman–Crippen MR) is 123 cm³/mol. The Bertz CT molecular complexity index is 1060. The van der Waals surface area contributed by atoms with Crippen molar-refractivity contribution >= 4 is 18.0 Å². The highest BCUT2D eigenvalue weighted by Gasteiger charge is 2.40. The average molecular weight is 465 g/mol. The monoisotopic (exact) mass is 464 g/mol. The molecule has 5 rings (SSSR count). The number of ether oxygens (including phenoxy) is 2. The maximum absolute atomic E-state index is 13.0. The molecule has 2 aliphatic heterocycles. The molecular weight excluding hydrogens is 436 g/mol. The summed E-state index contributed by atoms with van der Waals surface area (Å²) in [5.41, 5.74) is 4.57. The van der Waals surface area contributed by atoms with Crippen LogP contribution >= 0.6 is 0 Å². The first-order chi connectivity index (χ1) is 16.5. The van der Waals surface area contributed by atoms with E-state index in [0.29, 0.717) is 32.4 Å². The Balaban J connectivity index is 1.20. The largest absolute Gasteiger partial charge is 0.481 e. The van der Waals surface area contributed by atoms with Crippen LogP contribution in [0.15, 0.2) is 48.5 Å². The highest BCUT2D eigenvalue weighted by molar-refractivity contribution is 5.84. The highest BCUT2D eigenvalue weighted by Crippen LogP contribution is 2.44. The molecule has 0 saturated carbocycles. The van der Waals surface area contributed by atoms with Gasteiger partial charge in [-0.3, -0.25) is 9.59 Å². The lowest BCUT2D eigenvalue weighted by Crippen LogP contribution is -2.52. The number of carbonyl (C=O) groups is 3. The Morgan fingerprint density at radius 2 is 1.71 bits per heavy atom.